The van der Waals surface area contributed by atoms with Gasteiger partial charge in [-0.15, -0.1) is 0 Å². The normalized spacial score (nSPS) is 12.2. The Morgan fingerprint density at radius 2 is 1.67 bits per heavy atom. The molecule has 2 nitrogen and oxygen atoms in total. The lowest BCUT2D eigenvalue weighted by Gasteiger charge is -2.32. The molecule has 0 amide bonds. The highest BCUT2D eigenvalue weighted by molar-refractivity contribution is 5.49. The Kier molecular flexibility index (Phi) is 4.85. The fourth-order valence-electron chi connectivity index (χ4n) is 2.45. The van der Waals surface area contributed by atoms with E-state index in [0.29, 0.717) is 17.8 Å². The summed E-state index contributed by atoms with van der Waals surface area (Å²) in [5.41, 5.74) is 6.83. The summed E-state index contributed by atoms with van der Waals surface area (Å²) in [6, 6.07) is 8.94. The van der Waals surface area contributed by atoms with E-state index < -0.39 is 17.7 Å². The van der Waals surface area contributed by atoms with Gasteiger partial charge in [0.25, 0.3) is 0 Å². The van der Waals surface area contributed by atoms with Crippen LogP contribution in [0, 0.1) is 17.5 Å². The second-order valence-corrected chi connectivity index (χ2v) is 4.72. The van der Waals surface area contributed by atoms with Crippen molar-refractivity contribution < 1.29 is 13.2 Å². The topological polar surface area (TPSA) is 29.3 Å². The van der Waals surface area contributed by atoms with Crippen LogP contribution in [0.2, 0.25) is 0 Å². The standard InChI is InChI=1S/C16H17F3N2/c1-2-21(15-5-3-4-12(17)9-15)16(10-20)11-6-13(18)8-14(19)7-11/h3-9,16H,2,10,20H2,1H3. The molecule has 0 saturated carbocycles. The summed E-state index contributed by atoms with van der Waals surface area (Å²) < 4.78 is 40.2. The average molecular weight is 294 g/mol. The molecule has 0 aliphatic heterocycles. The Morgan fingerprint density at radius 1 is 1.00 bits per heavy atom. The molecule has 0 saturated heterocycles. The van der Waals surface area contributed by atoms with E-state index in [1.807, 2.05) is 11.8 Å². The zero-order chi connectivity index (χ0) is 15.4. The zero-order valence-electron chi connectivity index (χ0n) is 11.7. The molecule has 1 atom stereocenters. The van der Waals surface area contributed by atoms with Crippen LogP contribution in [0.3, 0.4) is 0 Å². The third-order valence-corrected chi connectivity index (χ3v) is 3.35. The van der Waals surface area contributed by atoms with E-state index in [2.05, 4.69) is 0 Å². The smallest absolute Gasteiger partial charge is 0.126 e. The summed E-state index contributed by atoms with van der Waals surface area (Å²) in [7, 11) is 0. The van der Waals surface area contributed by atoms with E-state index >= 15 is 0 Å². The van der Waals surface area contributed by atoms with Gasteiger partial charge >= 0.3 is 0 Å². The van der Waals surface area contributed by atoms with Crippen LogP contribution in [0.15, 0.2) is 42.5 Å². The molecule has 0 aliphatic rings. The number of benzene rings is 2. The van der Waals surface area contributed by atoms with Gasteiger partial charge in [0.05, 0.1) is 6.04 Å². The molecule has 0 bridgehead atoms. The molecule has 2 aromatic carbocycles. The van der Waals surface area contributed by atoms with Crippen molar-refractivity contribution in [3.63, 3.8) is 0 Å². The predicted molar refractivity (Wildman–Crippen MR) is 77.6 cm³/mol. The Morgan fingerprint density at radius 3 is 2.19 bits per heavy atom. The second-order valence-electron chi connectivity index (χ2n) is 4.72. The van der Waals surface area contributed by atoms with Crippen molar-refractivity contribution in [3.8, 4) is 0 Å². The molecular formula is C16H17F3N2. The van der Waals surface area contributed by atoms with Gasteiger partial charge in [0, 0.05) is 24.8 Å². The number of likely N-dealkylation sites (N-methyl/N-ethyl adjacent to an activating group) is 1. The second kappa shape index (κ2) is 6.63. The first-order valence-corrected chi connectivity index (χ1v) is 6.73. The maximum atomic E-state index is 13.4. The van der Waals surface area contributed by atoms with Crippen molar-refractivity contribution in [1.82, 2.24) is 0 Å². The molecule has 21 heavy (non-hydrogen) atoms. The van der Waals surface area contributed by atoms with Gasteiger partial charge in [-0.05, 0) is 42.8 Å². The number of halogens is 3. The molecule has 1 unspecified atom stereocenters. The van der Waals surface area contributed by atoms with Crippen molar-refractivity contribution >= 4 is 5.69 Å². The van der Waals surface area contributed by atoms with E-state index in [-0.39, 0.29) is 12.4 Å². The van der Waals surface area contributed by atoms with E-state index in [4.69, 9.17) is 5.73 Å². The molecule has 2 rings (SSSR count). The van der Waals surface area contributed by atoms with Gasteiger partial charge in [-0.1, -0.05) is 6.07 Å². The highest BCUT2D eigenvalue weighted by Gasteiger charge is 2.20. The van der Waals surface area contributed by atoms with E-state index in [1.54, 1.807) is 12.1 Å². The third kappa shape index (κ3) is 3.55. The van der Waals surface area contributed by atoms with Crippen LogP contribution in [0.5, 0.6) is 0 Å². The van der Waals surface area contributed by atoms with Gasteiger partial charge in [0.15, 0.2) is 0 Å². The van der Waals surface area contributed by atoms with E-state index in [0.717, 1.165) is 6.07 Å². The van der Waals surface area contributed by atoms with E-state index in [9.17, 15) is 13.2 Å². The maximum Gasteiger partial charge on any atom is 0.126 e. The van der Waals surface area contributed by atoms with Crippen LogP contribution in [-0.4, -0.2) is 13.1 Å². The quantitative estimate of drug-likeness (QED) is 0.912. The van der Waals surface area contributed by atoms with Gasteiger partial charge in [-0.3, -0.25) is 0 Å². The van der Waals surface area contributed by atoms with Gasteiger partial charge in [-0.25, -0.2) is 13.2 Å². The van der Waals surface area contributed by atoms with Crippen molar-refractivity contribution in [2.45, 2.75) is 13.0 Å². The lowest BCUT2D eigenvalue weighted by atomic mass is 10.0. The number of nitrogens with zero attached hydrogens (tertiary/aromatic N) is 1. The Balaban J connectivity index is 2.42. The van der Waals surface area contributed by atoms with Gasteiger partial charge in [0.2, 0.25) is 0 Å². The van der Waals surface area contributed by atoms with Crippen LogP contribution in [0.25, 0.3) is 0 Å². The minimum atomic E-state index is -0.654. The predicted octanol–water partition coefficient (Wildman–Crippen LogP) is 3.63. The van der Waals surface area contributed by atoms with Gasteiger partial charge in [0.1, 0.15) is 17.5 Å². The lowest BCUT2D eigenvalue weighted by Crippen LogP contribution is -2.34. The molecule has 2 N–H and O–H groups in total. The minimum absolute atomic E-state index is 0.160. The molecule has 0 heterocycles. The molecule has 0 radical (unpaired) electrons. The van der Waals surface area contributed by atoms with Gasteiger partial charge in [-0.2, -0.15) is 0 Å². The first kappa shape index (κ1) is 15.4. The fraction of sp³-hybridized carbons (Fsp3) is 0.250. The number of hydrogen-bond donors (Lipinski definition) is 1. The summed E-state index contributed by atoms with van der Waals surface area (Å²) in [6.07, 6.45) is 0. The van der Waals surface area contributed by atoms with Crippen molar-refractivity contribution in [1.29, 1.82) is 0 Å². The summed E-state index contributed by atoms with van der Waals surface area (Å²) in [6.45, 7) is 2.57. The summed E-state index contributed by atoms with van der Waals surface area (Å²) in [4.78, 5) is 1.82. The minimum Gasteiger partial charge on any atom is -0.363 e. The van der Waals surface area contributed by atoms with Gasteiger partial charge < -0.3 is 10.6 Å². The average Bonchev–Trinajstić information content (AvgIpc) is 2.43. The highest BCUT2D eigenvalue weighted by atomic mass is 19.1. The number of hydrogen-bond acceptors (Lipinski definition) is 2. The maximum absolute atomic E-state index is 13.4. The van der Waals surface area contributed by atoms with E-state index in [1.165, 1.54) is 24.3 Å². The Bertz CT molecular complexity index is 596. The lowest BCUT2D eigenvalue weighted by molar-refractivity contribution is 0.566. The first-order chi connectivity index (χ1) is 10.0. The molecule has 0 aromatic heterocycles. The Labute approximate surface area is 122 Å². The van der Waals surface area contributed by atoms with Crippen molar-refractivity contribution in [2.75, 3.05) is 18.0 Å². The van der Waals surface area contributed by atoms with Crippen LogP contribution in [0.4, 0.5) is 18.9 Å². The molecule has 2 aromatic rings. The van der Waals surface area contributed by atoms with Crippen LogP contribution < -0.4 is 10.6 Å². The molecular weight excluding hydrogens is 277 g/mol. The van der Waals surface area contributed by atoms with Crippen LogP contribution >= 0.6 is 0 Å². The Hall–Kier alpha value is -2.01. The zero-order valence-corrected chi connectivity index (χ0v) is 11.7. The third-order valence-electron chi connectivity index (χ3n) is 3.35. The monoisotopic (exact) mass is 294 g/mol. The van der Waals surface area contributed by atoms with Crippen LogP contribution in [-0.2, 0) is 0 Å². The number of rotatable bonds is 5. The number of anilines is 1. The molecule has 112 valence electrons. The molecule has 0 fully saturated rings. The van der Waals surface area contributed by atoms with Crippen molar-refractivity contribution in [2.24, 2.45) is 5.73 Å². The summed E-state index contributed by atoms with van der Waals surface area (Å²) in [5, 5.41) is 0. The largest absolute Gasteiger partial charge is 0.363 e. The van der Waals surface area contributed by atoms with Crippen LogP contribution in [0.1, 0.15) is 18.5 Å². The van der Waals surface area contributed by atoms with Crippen molar-refractivity contribution in [3.05, 3.63) is 65.5 Å². The SMILES string of the molecule is CCN(c1cccc(F)c1)C(CN)c1cc(F)cc(F)c1. The first-order valence-electron chi connectivity index (χ1n) is 6.73. The molecule has 0 aliphatic carbocycles. The number of nitrogens with two attached hydrogens (primary N) is 1. The fourth-order valence-corrected chi connectivity index (χ4v) is 2.45. The summed E-state index contributed by atoms with van der Waals surface area (Å²) >= 11 is 0. The molecule has 5 heteroatoms. The molecule has 0 spiro atoms. The highest BCUT2D eigenvalue weighted by Crippen LogP contribution is 2.27. The summed E-state index contributed by atoms with van der Waals surface area (Å²) in [5.74, 6) is -1.68.